The van der Waals surface area contributed by atoms with E-state index in [-0.39, 0.29) is 24.2 Å². The molecule has 98 valence electrons. The van der Waals surface area contributed by atoms with Crippen molar-refractivity contribution in [2.75, 3.05) is 7.11 Å². The second-order valence-corrected chi connectivity index (χ2v) is 4.51. The molecule has 0 saturated heterocycles. The van der Waals surface area contributed by atoms with Crippen LogP contribution in [0.5, 0.6) is 11.5 Å². The average molecular weight is 260 g/mol. The summed E-state index contributed by atoms with van der Waals surface area (Å²) in [7, 11) is 1.54. The summed E-state index contributed by atoms with van der Waals surface area (Å²) < 4.78 is 5.06. The molecule has 1 aromatic rings. The molecule has 4 heteroatoms. The minimum atomic E-state index is 0. The normalized spacial score (nSPS) is 12.1. The van der Waals surface area contributed by atoms with Crippen molar-refractivity contribution in [1.29, 1.82) is 0 Å². The maximum absolute atomic E-state index is 9.47. The average Bonchev–Trinajstić information content (AvgIpc) is 2.26. The molecule has 0 heterocycles. The van der Waals surface area contributed by atoms with Gasteiger partial charge in [0.1, 0.15) is 0 Å². The molecule has 1 rings (SSSR count). The number of halogens is 1. The second kappa shape index (κ2) is 7.41. The van der Waals surface area contributed by atoms with Crippen molar-refractivity contribution in [3.05, 3.63) is 23.8 Å². The molecule has 0 amide bonds. The predicted molar refractivity (Wildman–Crippen MR) is 72.9 cm³/mol. The Balaban J connectivity index is 0.00000256. The van der Waals surface area contributed by atoms with Gasteiger partial charge in [0.05, 0.1) is 7.11 Å². The molecular formula is C13H22ClNO2. The standard InChI is InChI=1S/C13H21NO2.ClH/c1-9(2)4-6-11(14)10-5-7-12(15)13(8-10)16-3;/h5,7-9,11,15H,4,6,14H2,1-3H3;1H/t11-;/m1./s1. The highest BCUT2D eigenvalue weighted by molar-refractivity contribution is 5.85. The Hall–Kier alpha value is -0.930. The number of rotatable bonds is 5. The number of hydrogen-bond acceptors (Lipinski definition) is 3. The lowest BCUT2D eigenvalue weighted by atomic mass is 9.98. The Morgan fingerprint density at radius 2 is 1.94 bits per heavy atom. The third-order valence-corrected chi connectivity index (χ3v) is 2.69. The van der Waals surface area contributed by atoms with Crippen LogP contribution in [-0.2, 0) is 0 Å². The summed E-state index contributed by atoms with van der Waals surface area (Å²) in [6, 6.07) is 5.30. The number of hydrogen-bond donors (Lipinski definition) is 2. The first-order chi connectivity index (χ1) is 7.54. The number of phenolic OH excluding ortho intramolecular Hbond substituents is 1. The van der Waals surface area contributed by atoms with Crippen LogP contribution >= 0.6 is 12.4 Å². The molecule has 3 nitrogen and oxygen atoms in total. The van der Waals surface area contributed by atoms with Gasteiger partial charge in [-0.05, 0) is 36.5 Å². The zero-order valence-electron chi connectivity index (χ0n) is 10.6. The van der Waals surface area contributed by atoms with Gasteiger partial charge >= 0.3 is 0 Å². The summed E-state index contributed by atoms with van der Waals surface area (Å²) in [5.41, 5.74) is 7.09. The molecule has 0 saturated carbocycles. The first-order valence-corrected chi connectivity index (χ1v) is 5.67. The fourth-order valence-electron chi connectivity index (χ4n) is 1.60. The van der Waals surface area contributed by atoms with Crippen molar-refractivity contribution in [3.8, 4) is 11.5 Å². The largest absolute Gasteiger partial charge is 0.504 e. The molecular weight excluding hydrogens is 238 g/mol. The molecule has 0 radical (unpaired) electrons. The van der Waals surface area contributed by atoms with E-state index in [1.54, 1.807) is 19.2 Å². The fourth-order valence-corrected chi connectivity index (χ4v) is 1.60. The van der Waals surface area contributed by atoms with E-state index in [0.29, 0.717) is 11.7 Å². The smallest absolute Gasteiger partial charge is 0.160 e. The van der Waals surface area contributed by atoms with E-state index in [2.05, 4.69) is 13.8 Å². The SMILES string of the molecule is COc1cc([C@H](N)CCC(C)C)ccc1O.Cl. The highest BCUT2D eigenvalue weighted by Crippen LogP contribution is 2.29. The summed E-state index contributed by atoms with van der Waals surface area (Å²) in [4.78, 5) is 0. The summed E-state index contributed by atoms with van der Waals surface area (Å²) in [5.74, 6) is 1.30. The summed E-state index contributed by atoms with van der Waals surface area (Å²) >= 11 is 0. The van der Waals surface area contributed by atoms with Gasteiger partial charge in [-0.25, -0.2) is 0 Å². The van der Waals surface area contributed by atoms with Crippen LogP contribution in [0.3, 0.4) is 0 Å². The highest BCUT2D eigenvalue weighted by Gasteiger charge is 2.10. The van der Waals surface area contributed by atoms with Crippen LogP contribution < -0.4 is 10.5 Å². The predicted octanol–water partition coefficient (Wildman–Crippen LogP) is 3.26. The molecule has 0 bridgehead atoms. The zero-order chi connectivity index (χ0) is 12.1. The lowest BCUT2D eigenvalue weighted by Gasteiger charge is -2.14. The summed E-state index contributed by atoms with van der Waals surface area (Å²) in [5, 5.41) is 9.47. The Kier molecular flexibility index (Phi) is 7.00. The van der Waals surface area contributed by atoms with Gasteiger partial charge in [-0.2, -0.15) is 0 Å². The molecule has 17 heavy (non-hydrogen) atoms. The van der Waals surface area contributed by atoms with Crippen molar-refractivity contribution in [1.82, 2.24) is 0 Å². The number of aromatic hydroxyl groups is 1. The van der Waals surface area contributed by atoms with Crippen molar-refractivity contribution >= 4 is 12.4 Å². The van der Waals surface area contributed by atoms with Gasteiger partial charge in [0.15, 0.2) is 11.5 Å². The Labute approximate surface area is 109 Å². The van der Waals surface area contributed by atoms with Gasteiger partial charge < -0.3 is 15.6 Å². The number of ether oxygens (including phenoxy) is 1. The van der Waals surface area contributed by atoms with Crippen LogP contribution in [0.2, 0.25) is 0 Å². The molecule has 0 spiro atoms. The van der Waals surface area contributed by atoms with Crippen molar-refractivity contribution in [2.45, 2.75) is 32.7 Å². The Morgan fingerprint density at radius 1 is 1.29 bits per heavy atom. The third-order valence-electron chi connectivity index (χ3n) is 2.69. The van der Waals surface area contributed by atoms with Crippen LogP contribution in [0, 0.1) is 5.92 Å². The van der Waals surface area contributed by atoms with Gasteiger partial charge in [0.2, 0.25) is 0 Å². The molecule has 0 aliphatic heterocycles. The lowest BCUT2D eigenvalue weighted by Crippen LogP contribution is -2.11. The van der Waals surface area contributed by atoms with Gasteiger partial charge in [0, 0.05) is 6.04 Å². The molecule has 3 N–H and O–H groups in total. The van der Waals surface area contributed by atoms with Crippen molar-refractivity contribution in [3.63, 3.8) is 0 Å². The maximum atomic E-state index is 9.47. The molecule has 1 atom stereocenters. The highest BCUT2D eigenvalue weighted by atomic mass is 35.5. The summed E-state index contributed by atoms with van der Waals surface area (Å²) in [6.07, 6.45) is 2.05. The maximum Gasteiger partial charge on any atom is 0.160 e. The Morgan fingerprint density at radius 3 is 2.47 bits per heavy atom. The first-order valence-electron chi connectivity index (χ1n) is 5.67. The van der Waals surface area contributed by atoms with Gasteiger partial charge in [-0.3, -0.25) is 0 Å². The van der Waals surface area contributed by atoms with E-state index in [9.17, 15) is 5.11 Å². The number of nitrogens with two attached hydrogens (primary N) is 1. The minimum Gasteiger partial charge on any atom is -0.504 e. The Bertz CT molecular complexity index is 342. The topological polar surface area (TPSA) is 55.5 Å². The molecule has 0 unspecified atom stereocenters. The molecule has 0 aliphatic carbocycles. The van der Waals surface area contributed by atoms with Gasteiger partial charge in [0.25, 0.3) is 0 Å². The van der Waals surface area contributed by atoms with Crippen molar-refractivity contribution < 1.29 is 9.84 Å². The van der Waals surface area contributed by atoms with Crippen LogP contribution in [0.15, 0.2) is 18.2 Å². The van der Waals surface area contributed by atoms with Crippen molar-refractivity contribution in [2.24, 2.45) is 11.7 Å². The molecule has 1 aromatic carbocycles. The second-order valence-electron chi connectivity index (χ2n) is 4.51. The molecule has 0 aromatic heterocycles. The fraction of sp³-hybridized carbons (Fsp3) is 0.538. The van der Waals surface area contributed by atoms with E-state index in [1.807, 2.05) is 6.07 Å². The van der Waals surface area contributed by atoms with Crippen LogP contribution in [0.25, 0.3) is 0 Å². The number of phenols is 1. The third kappa shape index (κ3) is 4.84. The van der Waals surface area contributed by atoms with Gasteiger partial charge in [-0.1, -0.05) is 19.9 Å². The quantitative estimate of drug-likeness (QED) is 0.853. The van der Waals surface area contributed by atoms with E-state index < -0.39 is 0 Å². The lowest BCUT2D eigenvalue weighted by molar-refractivity contribution is 0.372. The monoisotopic (exact) mass is 259 g/mol. The number of methoxy groups -OCH3 is 1. The van der Waals surface area contributed by atoms with E-state index in [1.165, 1.54) is 0 Å². The van der Waals surface area contributed by atoms with Crippen LogP contribution in [0.4, 0.5) is 0 Å². The zero-order valence-corrected chi connectivity index (χ0v) is 11.5. The van der Waals surface area contributed by atoms with Crippen LogP contribution in [-0.4, -0.2) is 12.2 Å². The minimum absolute atomic E-state index is 0. The summed E-state index contributed by atoms with van der Waals surface area (Å²) in [6.45, 7) is 4.37. The first kappa shape index (κ1) is 16.1. The molecule has 0 aliphatic rings. The van der Waals surface area contributed by atoms with E-state index in [4.69, 9.17) is 10.5 Å². The molecule has 0 fully saturated rings. The van der Waals surface area contributed by atoms with E-state index >= 15 is 0 Å². The van der Waals surface area contributed by atoms with E-state index in [0.717, 1.165) is 18.4 Å². The van der Waals surface area contributed by atoms with Crippen LogP contribution in [0.1, 0.15) is 38.3 Å². The number of benzene rings is 1. The van der Waals surface area contributed by atoms with Gasteiger partial charge in [-0.15, -0.1) is 12.4 Å².